The van der Waals surface area contributed by atoms with Gasteiger partial charge in [-0.3, -0.25) is 4.79 Å². The van der Waals surface area contributed by atoms with Crippen LogP contribution in [0.25, 0.3) is 0 Å². The van der Waals surface area contributed by atoms with Gasteiger partial charge in [-0.2, -0.15) is 0 Å². The van der Waals surface area contributed by atoms with Crippen LogP contribution in [0.3, 0.4) is 0 Å². The largest absolute Gasteiger partial charge is 0.469 e. The van der Waals surface area contributed by atoms with Crippen molar-refractivity contribution >= 4 is 5.97 Å². The highest BCUT2D eigenvalue weighted by molar-refractivity contribution is 5.70. The number of fused-ring (bicyclic) bond motifs is 1. The number of carbonyl (C=O) groups excluding carboxylic acids is 1. The molecule has 0 spiro atoms. The van der Waals surface area contributed by atoms with E-state index in [-0.39, 0.29) is 22.7 Å². The van der Waals surface area contributed by atoms with E-state index < -0.39 is 0 Å². The van der Waals surface area contributed by atoms with Gasteiger partial charge in [0.05, 0.1) is 13.5 Å². The zero-order valence-corrected chi connectivity index (χ0v) is 16.2. The van der Waals surface area contributed by atoms with Crippen LogP contribution in [0.5, 0.6) is 0 Å². The standard InChI is InChI=1S/C22H34O2/c1-16(2)9-7-12-21(4)13-8-14-22(5)18(15-20(23)24-6)17(3)10-11-19(21)22/h7,9,12,18-19H,3,8,10-11,13-15H2,1-2,4-6H3/b12-7+/t18-,19-,21+,22+/m0/s1. The van der Waals surface area contributed by atoms with Gasteiger partial charge < -0.3 is 4.74 Å². The SMILES string of the molecule is C=C1CC[C@@H]2[C@](C)(CCC[C@@]2(C)/C=C/C=C(C)C)[C@H]1CC(=O)OC. The molecule has 0 heterocycles. The number of methoxy groups -OCH3 is 1. The van der Waals surface area contributed by atoms with Crippen LogP contribution in [0.2, 0.25) is 0 Å². The summed E-state index contributed by atoms with van der Waals surface area (Å²) < 4.78 is 4.97. The van der Waals surface area contributed by atoms with E-state index in [9.17, 15) is 4.79 Å². The summed E-state index contributed by atoms with van der Waals surface area (Å²) in [5.41, 5.74) is 2.92. The summed E-state index contributed by atoms with van der Waals surface area (Å²) in [5, 5.41) is 0. The highest BCUT2D eigenvalue weighted by atomic mass is 16.5. The molecule has 2 rings (SSSR count). The van der Waals surface area contributed by atoms with Crippen molar-refractivity contribution in [2.24, 2.45) is 22.7 Å². The quantitative estimate of drug-likeness (QED) is 0.367. The molecule has 2 nitrogen and oxygen atoms in total. The zero-order chi connectivity index (χ0) is 18.0. The minimum Gasteiger partial charge on any atom is -0.469 e. The number of allylic oxidation sites excluding steroid dienone is 5. The van der Waals surface area contributed by atoms with Crippen LogP contribution < -0.4 is 0 Å². The normalized spacial score (nSPS) is 36.3. The first-order valence-corrected chi connectivity index (χ1v) is 9.30. The lowest BCUT2D eigenvalue weighted by Crippen LogP contribution is -2.50. The van der Waals surface area contributed by atoms with Gasteiger partial charge in [-0.1, -0.05) is 56.2 Å². The second-order valence-corrected chi connectivity index (χ2v) is 8.55. The molecule has 0 saturated heterocycles. The Morgan fingerprint density at radius 1 is 1.33 bits per heavy atom. The van der Waals surface area contributed by atoms with E-state index in [0.29, 0.717) is 12.3 Å². The summed E-state index contributed by atoms with van der Waals surface area (Å²) >= 11 is 0. The van der Waals surface area contributed by atoms with E-state index >= 15 is 0 Å². The van der Waals surface area contributed by atoms with Crippen molar-refractivity contribution < 1.29 is 9.53 Å². The third-order valence-corrected chi connectivity index (χ3v) is 6.57. The Morgan fingerprint density at radius 2 is 2.04 bits per heavy atom. The lowest BCUT2D eigenvalue weighted by atomic mass is 9.46. The number of hydrogen-bond acceptors (Lipinski definition) is 2. The fraction of sp³-hybridized carbons (Fsp3) is 0.682. The molecule has 0 bridgehead atoms. The van der Waals surface area contributed by atoms with Crippen LogP contribution in [0.1, 0.15) is 66.2 Å². The number of hydrogen-bond donors (Lipinski definition) is 0. The first-order valence-electron chi connectivity index (χ1n) is 9.30. The molecule has 0 aromatic heterocycles. The zero-order valence-electron chi connectivity index (χ0n) is 16.2. The first kappa shape index (κ1) is 19.0. The molecule has 134 valence electrons. The molecular formula is C22H34O2. The molecule has 4 atom stereocenters. The van der Waals surface area contributed by atoms with Gasteiger partial charge in [-0.25, -0.2) is 0 Å². The maximum Gasteiger partial charge on any atom is 0.306 e. The number of esters is 1. The van der Waals surface area contributed by atoms with Gasteiger partial charge in [0.15, 0.2) is 0 Å². The second kappa shape index (κ2) is 7.29. The van der Waals surface area contributed by atoms with E-state index in [1.54, 1.807) is 0 Å². The third kappa shape index (κ3) is 3.68. The van der Waals surface area contributed by atoms with Crippen LogP contribution >= 0.6 is 0 Å². The van der Waals surface area contributed by atoms with Gasteiger partial charge in [0, 0.05) is 0 Å². The lowest BCUT2D eigenvalue weighted by Gasteiger charge is -2.58. The van der Waals surface area contributed by atoms with Crippen molar-refractivity contribution in [3.05, 3.63) is 36.0 Å². The average molecular weight is 331 g/mol. The summed E-state index contributed by atoms with van der Waals surface area (Å²) in [5.74, 6) is 0.747. The van der Waals surface area contributed by atoms with Crippen LogP contribution in [0.15, 0.2) is 36.0 Å². The van der Waals surface area contributed by atoms with Gasteiger partial charge in [-0.05, 0) is 62.2 Å². The predicted molar refractivity (Wildman–Crippen MR) is 101 cm³/mol. The van der Waals surface area contributed by atoms with E-state index in [2.05, 4.69) is 52.5 Å². The van der Waals surface area contributed by atoms with Crippen molar-refractivity contribution in [3.63, 3.8) is 0 Å². The monoisotopic (exact) mass is 330 g/mol. The molecule has 2 aliphatic rings. The average Bonchev–Trinajstić information content (AvgIpc) is 2.50. The highest BCUT2D eigenvalue weighted by Crippen LogP contribution is 2.62. The summed E-state index contributed by atoms with van der Waals surface area (Å²) in [4.78, 5) is 12.0. The van der Waals surface area contributed by atoms with Crippen LogP contribution in [0, 0.1) is 22.7 Å². The Labute approximate surface area is 148 Å². The topological polar surface area (TPSA) is 26.3 Å². The number of ether oxygens (including phenoxy) is 1. The molecule has 0 aromatic rings. The molecule has 0 radical (unpaired) electrons. The number of carbonyl (C=O) groups is 1. The van der Waals surface area contributed by atoms with Crippen LogP contribution in [0.4, 0.5) is 0 Å². The first-order chi connectivity index (χ1) is 11.2. The van der Waals surface area contributed by atoms with Gasteiger partial charge in [0.1, 0.15) is 0 Å². The fourth-order valence-electron chi connectivity index (χ4n) is 5.29. The van der Waals surface area contributed by atoms with E-state index in [1.807, 2.05) is 0 Å². The molecule has 0 unspecified atom stereocenters. The van der Waals surface area contributed by atoms with Crippen LogP contribution in [-0.2, 0) is 9.53 Å². The van der Waals surface area contributed by atoms with Crippen molar-refractivity contribution in [1.82, 2.24) is 0 Å². The molecule has 24 heavy (non-hydrogen) atoms. The molecule has 0 aliphatic heterocycles. The van der Waals surface area contributed by atoms with Gasteiger partial charge in [0.25, 0.3) is 0 Å². The maximum atomic E-state index is 12.0. The summed E-state index contributed by atoms with van der Waals surface area (Å²) in [6.45, 7) is 13.4. The molecule has 0 amide bonds. The van der Waals surface area contributed by atoms with Crippen molar-refractivity contribution in [3.8, 4) is 0 Å². The van der Waals surface area contributed by atoms with Gasteiger partial charge in [0.2, 0.25) is 0 Å². The van der Waals surface area contributed by atoms with Crippen molar-refractivity contribution in [1.29, 1.82) is 0 Å². The maximum absolute atomic E-state index is 12.0. The lowest BCUT2D eigenvalue weighted by molar-refractivity contribution is -0.144. The second-order valence-electron chi connectivity index (χ2n) is 8.55. The Morgan fingerprint density at radius 3 is 2.67 bits per heavy atom. The highest BCUT2D eigenvalue weighted by Gasteiger charge is 2.54. The Kier molecular flexibility index (Phi) is 5.78. The molecular weight excluding hydrogens is 296 g/mol. The van der Waals surface area contributed by atoms with E-state index in [0.717, 1.165) is 6.42 Å². The van der Waals surface area contributed by atoms with Crippen molar-refractivity contribution in [2.75, 3.05) is 7.11 Å². The van der Waals surface area contributed by atoms with Crippen LogP contribution in [-0.4, -0.2) is 13.1 Å². The molecule has 2 aliphatic carbocycles. The Hall–Kier alpha value is -1.31. The minimum absolute atomic E-state index is 0.101. The molecule has 2 heteroatoms. The summed E-state index contributed by atoms with van der Waals surface area (Å²) in [6.07, 6.45) is 13.2. The fourth-order valence-corrected chi connectivity index (χ4v) is 5.29. The van der Waals surface area contributed by atoms with Gasteiger partial charge in [-0.15, -0.1) is 0 Å². The molecule has 2 fully saturated rings. The summed E-state index contributed by atoms with van der Waals surface area (Å²) in [6, 6.07) is 0. The third-order valence-electron chi connectivity index (χ3n) is 6.57. The number of rotatable bonds is 4. The predicted octanol–water partition coefficient (Wildman–Crippen LogP) is 5.85. The summed E-state index contributed by atoms with van der Waals surface area (Å²) in [7, 11) is 1.49. The minimum atomic E-state index is -0.101. The van der Waals surface area contributed by atoms with E-state index in [4.69, 9.17) is 4.74 Å². The molecule has 0 aromatic carbocycles. The smallest absolute Gasteiger partial charge is 0.306 e. The Bertz CT molecular complexity index is 552. The Balaban J connectivity index is 2.32. The van der Waals surface area contributed by atoms with Gasteiger partial charge >= 0.3 is 5.97 Å². The van der Waals surface area contributed by atoms with E-state index in [1.165, 1.54) is 43.9 Å². The molecule has 0 N–H and O–H groups in total. The van der Waals surface area contributed by atoms with Crippen molar-refractivity contribution in [2.45, 2.75) is 66.2 Å². The molecule has 2 saturated carbocycles.